The van der Waals surface area contributed by atoms with Crippen LogP contribution < -0.4 is 10.7 Å². The van der Waals surface area contributed by atoms with E-state index in [1.54, 1.807) is 23.9 Å². The molecular weight excluding hydrogens is 339 g/mol. The van der Waals surface area contributed by atoms with Crippen molar-refractivity contribution in [3.05, 3.63) is 48.0 Å². The fourth-order valence-corrected chi connectivity index (χ4v) is 3.60. The molecule has 124 valence electrons. The number of rotatable bonds is 1. The fourth-order valence-electron chi connectivity index (χ4n) is 2.63. The molecule has 2 aromatic rings. The normalized spacial score (nSPS) is 22.1. The van der Waals surface area contributed by atoms with E-state index in [2.05, 4.69) is 10.4 Å². The summed E-state index contributed by atoms with van der Waals surface area (Å²) in [5.41, 5.74) is 1.27. The highest BCUT2D eigenvalue weighted by Crippen LogP contribution is 2.44. The van der Waals surface area contributed by atoms with Crippen LogP contribution in [0.2, 0.25) is 0 Å². The van der Waals surface area contributed by atoms with E-state index >= 15 is 0 Å². The van der Waals surface area contributed by atoms with Gasteiger partial charge in [0.15, 0.2) is 0 Å². The largest absolute Gasteiger partial charge is 0.438 e. The van der Waals surface area contributed by atoms with E-state index in [-0.39, 0.29) is 5.71 Å². The monoisotopic (exact) mass is 351 g/mol. The number of aliphatic hydroxyl groups is 1. The van der Waals surface area contributed by atoms with Crippen LogP contribution in [0.1, 0.15) is 12.0 Å². The Hall–Kier alpha value is -2.19. The Labute approximate surface area is 139 Å². The molecule has 0 spiro atoms. The van der Waals surface area contributed by atoms with Gasteiger partial charge in [0.2, 0.25) is 0 Å². The summed E-state index contributed by atoms with van der Waals surface area (Å²) >= 11 is 1.59. The molecule has 0 unspecified atom stereocenters. The number of hydrogen-bond donors (Lipinski definition) is 3. The average molecular weight is 351 g/mol. The van der Waals surface area contributed by atoms with Crippen molar-refractivity contribution >= 4 is 28.8 Å². The lowest BCUT2D eigenvalue weighted by Crippen LogP contribution is -2.52. The zero-order valence-corrected chi connectivity index (χ0v) is 13.0. The highest BCUT2D eigenvalue weighted by atomic mass is 32.2. The van der Waals surface area contributed by atoms with Crippen LogP contribution in [0.4, 0.5) is 24.5 Å². The Kier molecular flexibility index (Phi) is 3.29. The summed E-state index contributed by atoms with van der Waals surface area (Å²) in [7, 11) is 0. The van der Waals surface area contributed by atoms with Crippen molar-refractivity contribution in [2.75, 3.05) is 5.32 Å². The maximum absolute atomic E-state index is 12.9. The van der Waals surface area contributed by atoms with Crippen molar-refractivity contribution in [2.24, 2.45) is 5.10 Å². The van der Waals surface area contributed by atoms with Crippen LogP contribution in [0.25, 0.3) is 0 Å². The summed E-state index contributed by atoms with van der Waals surface area (Å²) in [6.45, 7) is 0. The zero-order valence-electron chi connectivity index (χ0n) is 12.2. The van der Waals surface area contributed by atoms with Crippen molar-refractivity contribution in [3.8, 4) is 0 Å². The van der Waals surface area contributed by atoms with E-state index < -0.39 is 18.3 Å². The van der Waals surface area contributed by atoms with Crippen LogP contribution >= 0.6 is 11.8 Å². The third kappa shape index (κ3) is 2.42. The summed E-state index contributed by atoms with van der Waals surface area (Å²) in [6.07, 6.45) is -5.42. The first kappa shape index (κ1) is 15.3. The van der Waals surface area contributed by atoms with Gasteiger partial charge in [-0.1, -0.05) is 30.0 Å². The Balaban J connectivity index is 1.62. The highest BCUT2D eigenvalue weighted by molar-refractivity contribution is 7.99. The number of hydrazone groups is 1. The maximum Gasteiger partial charge on any atom is 0.438 e. The summed E-state index contributed by atoms with van der Waals surface area (Å²) in [5, 5.41) is 16.6. The van der Waals surface area contributed by atoms with Crippen molar-refractivity contribution in [1.82, 2.24) is 5.43 Å². The number of alkyl halides is 3. The maximum atomic E-state index is 12.9. The van der Waals surface area contributed by atoms with Crippen LogP contribution in [-0.4, -0.2) is 22.7 Å². The molecule has 2 heterocycles. The second-order valence-corrected chi connectivity index (χ2v) is 6.72. The number of benzene rings is 2. The van der Waals surface area contributed by atoms with Gasteiger partial charge in [-0.3, -0.25) is 5.43 Å². The van der Waals surface area contributed by atoms with E-state index in [0.717, 1.165) is 21.2 Å². The molecule has 0 fully saturated rings. The lowest BCUT2D eigenvalue weighted by atomic mass is 10.0. The molecule has 0 radical (unpaired) electrons. The van der Waals surface area contributed by atoms with Gasteiger partial charge in [-0.05, 0) is 24.3 Å². The number of para-hydroxylation sites is 1. The third-order valence-electron chi connectivity index (χ3n) is 3.96. The molecule has 2 aliphatic rings. The first-order valence-electron chi connectivity index (χ1n) is 7.17. The molecule has 24 heavy (non-hydrogen) atoms. The summed E-state index contributed by atoms with van der Waals surface area (Å²) < 4.78 is 38.6. The van der Waals surface area contributed by atoms with Crippen molar-refractivity contribution < 1.29 is 18.3 Å². The SMILES string of the molecule is O[C@@]1(C(F)(F)F)CC(c2ccc3c(c2)Nc2ccccc2S3)=NN1. The van der Waals surface area contributed by atoms with Gasteiger partial charge in [-0.2, -0.15) is 18.3 Å². The number of hydrogen-bond acceptors (Lipinski definition) is 5. The van der Waals surface area contributed by atoms with Crippen LogP contribution in [0.3, 0.4) is 0 Å². The van der Waals surface area contributed by atoms with E-state index in [9.17, 15) is 18.3 Å². The molecule has 4 nitrogen and oxygen atoms in total. The molecule has 8 heteroatoms. The predicted molar refractivity (Wildman–Crippen MR) is 85.6 cm³/mol. The number of anilines is 2. The van der Waals surface area contributed by atoms with Crippen molar-refractivity contribution in [1.29, 1.82) is 0 Å². The minimum Gasteiger partial charge on any atom is -0.362 e. The second-order valence-electron chi connectivity index (χ2n) is 5.64. The molecule has 0 saturated carbocycles. The molecule has 1 atom stereocenters. The van der Waals surface area contributed by atoms with Gasteiger partial charge in [0, 0.05) is 15.4 Å². The van der Waals surface area contributed by atoms with Crippen LogP contribution in [-0.2, 0) is 0 Å². The molecule has 0 aromatic heterocycles. The predicted octanol–water partition coefficient (Wildman–Crippen LogP) is 3.84. The number of fused-ring (bicyclic) bond motifs is 2. The molecule has 0 amide bonds. The molecular formula is C16H12F3N3OS. The van der Waals surface area contributed by atoms with Gasteiger partial charge in [0.25, 0.3) is 5.72 Å². The number of nitrogens with one attached hydrogen (secondary N) is 2. The van der Waals surface area contributed by atoms with Gasteiger partial charge < -0.3 is 10.4 Å². The van der Waals surface area contributed by atoms with E-state index in [1.165, 1.54) is 0 Å². The lowest BCUT2D eigenvalue weighted by molar-refractivity contribution is -0.266. The van der Waals surface area contributed by atoms with Crippen molar-refractivity contribution in [3.63, 3.8) is 0 Å². The van der Waals surface area contributed by atoms with Gasteiger partial charge in [-0.25, -0.2) is 0 Å². The first-order chi connectivity index (χ1) is 11.4. The van der Waals surface area contributed by atoms with E-state index in [0.29, 0.717) is 5.56 Å². The molecule has 0 bridgehead atoms. The molecule has 0 aliphatic carbocycles. The second kappa shape index (κ2) is 5.15. The highest BCUT2D eigenvalue weighted by Gasteiger charge is 2.57. The summed E-state index contributed by atoms with van der Waals surface area (Å²) in [5.74, 6) is 0. The average Bonchev–Trinajstić information content (AvgIpc) is 2.96. The first-order valence-corrected chi connectivity index (χ1v) is 7.99. The van der Waals surface area contributed by atoms with Crippen LogP contribution in [0, 0.1) is 0 Å². The fraction of sp³-hybridized carbons (Fsp3) is 0.188. The van der Waals surface area contributed by atoms with Crippen molar-refractivity contribution in [2.45, 2.75) is 28.1 Å². The molecule has 2 aromatic carbocycles. The van der Waals surface area contributed by atoms with E-state index in [1.807, 2.05) is 35.8 Å². The number of nitrogens with zero attached hydrogens (tertiary/aromatic N) is 1. The van der Waals surface area contributed by atoms with Gasteiger partial charge in [-0.15, -0.1) is 0 Å². The number of halogens is 3. The third-order valence-corrected chi connectivity index (χ3v) is 5.11. The summed E-state index contributed by atoms with van der Waals surface area (Å²) in [4.78, 5) is 2.07. The Morgan fingerprint density at radius 2 is 1.83 bits per heavy atom. The minimum absolute atomic E-state index is 0.170. The smallest absolute Gasteiger partial charge is 0.362 e. The molecule has 4 rings (SSSR count). The van der Waals surface area contributed by atoms with E-state index in [4.69, 9.17) is 0 Å². The minimum atomic E-state index is -4.79. The Morgan fingerprint density at radius 1 is 1.08 bits per heavy atom. The standard InChI is InChI=1S/C16H12F3N3OS/c17-16(18,19)15(23)8-12(21-22-15)9-5-6-14-11(7-9)20-10-3-1-2-4-13(10)24-14/h1-7,20,22-23H,8H2/t15-/m1/s1. The van der Waals surface area contributed by atoms with Gasteiger partial charge >= 0.3 is 6.18 Å². The molecule has 2 aliphatic heterocycles. The Morgan fingerprint density at radius 3 is 2.58 bits per heavy atom. The molecule has 3 N–H and O–H groups in total. The lowest BCUT2D eigenvalue weighted by Gasteiger charge is -2.25. The molecule has 0 saturated heterocycles. The topological polar surface area (TPSA) is 56.6 Å². The van der Waals surface area contributed by atoms with Gasteiger partial charge in [0.05, 0.1) is 23.5 Å². The zero-order chi connectivity index (χ0) is 16.9. The van der Waals surface area contributed by atoms with Crippen LogP contribution in [0.5, 0.6) is 0 Å². The summed E-state index contributed by atoms with van der Waals surface area (Å²) in [6, 6.07) is 13.1. The quantitative estimate of drug-likeness (QED) is 0.623. The van der Waals surface area contributed by atoms with Gasteiger partial charge in [0.1, 0.15) is 0 Å². The Bertz CT molecular complexity index is 853. The van der Waals surface area contributed by atoms with Crippen LogP contribution in [0.15, 0.2) is 57.4 Å².